The van der Waals surface area contributed by atoms with Crippen LogP contribution in [0.25, 0.3) is 11.3 Å². The average Bonchev–Trinajstić information content (AvgIpc) is 3.13. The van der Waals surface area contributed by atoms with Crippen LogP contribution in [0.3, 0.4) is 0 Å². The summed E-state index contributed by atoms with van der Waals surface area (Å²) in [6, 6.07) is 7.59. The highest BCUT2D eigenvalue weighted by molar-refractivity contribution is 5.92. The maximum Gasteiger partial charge on any atom is 0.274 e. The summed E-state index contributed by atoms with van der Waals surface area (Å²) < 4.78 is 16.4. The zero-order valence-corrected chi connectivity index (χ0v) is 15.1. The highest BCUT2D eigenvalue weighted by Gasteiger charge is 2.31. The van der Waals surface area contributed by atoms with Crippen LogP contribution in [0, 0.1) is 0 Å². The largest absolute Gasteiger partial charge is 0.454 e. The fourth-order valence-electron chi connectivity index (χ4n) is 3.86. The van der Waals surface area contributed by atoms with E-state index >= 15 is 0 Å². The first kappa shape index (κ1) is 15.7. The number of rotatable bonds is 3. The molecule has 1 aliphatic carbocycles. The molecular formula is C20H18N4O4. The second-order valence-corrected chi connectivity index (χ2v) is 7.46. The summed E-state index contributed by atoms with van der Waals surface area (Å²) in [5, 5.41) is 11.5. The van der Waals surface area contributed by atoms with Crippen LogP contribution in [0.5, 0.6) is 11.5 Å². The van der Waals surface area contributed by atoms with Gasteiger partial charge in [0, 0.05) is 35.7 Å². The molecule has 2 aromatic heterocycles. The number of hydrogen-bond donors (Lipinski definition) is 1. The van der Waals surface area contributed by atoms with E-state index in [0.29, 0.717) is 36.9 Å². The Morgan fingerprint density at radius 3 is 2.96 bits per heavy atom. The van der Waals surface area contributed by atoms with Crippen LogP contribution in [0.1, 0.15) is 46.3 Å². The van der Waals surface area contributed by atoms with Crippen molar-refractivity contribution in [1.29, 1.82) is 0 Å². The Balaban J connectivity index is 1.28. The van der Waals surface area contributed by atoms with Crippen LogP contribution in [-0.4, -0.2) is 39.5 Å². The van der Waals surface area contributed by atoms with Crippen LogP contribution in [0.2, 0.25) is 0 Å². The molecule has 0 unspecified atom stereocenters. The van der Waals surface area contributed by atoms with Crippen molar-refractivity contribution in [2.45, 2.75) is 31.7 Å². The fraction of sp³-hybridized carbons (Fsp3) is 0.350. The van der Waals surface area contributed by atoms with Crippen molar-refractivity contribution in [3.05, 3.63) is 47.0 Å². The molecule has 1 aromatic carbocycles. The smallest absolute Gasteiger partial charge is 0.274 e. The number of fused-ring (bicyclic) bond motifs is 2. The number of amides is 1. The van der Waals surface area contributed by atoms with Gasteiger partial charge in [-0.3, -0.25) is 9.89 Å². The summed E-state index contributed by atoms with van der Waals surface area (Å²) in [5.74, 6) is 2.73. The Morgan fingerprint density at radius 2 is 2.07 bits per heavy atom. The van der Waals surface area contributed by atoms with Gasteiger partial charge in [0.1, 0.15) is 17.1 Å². The van der Waals surface area contributed by atoms with E-state index in [9.17, 15) is 4.79 Å². The fourth-order valence-corrected chi connectivity index (χ4v) is 3.86. The van der Waals surface area contributed by atoms with Crippen LogP contribution >= 0.6 is 0 Å². The molecule has 0 saturated heterocycles. The third-order valence-electron chi connectivity index (χ3n) is 5.59. The van der Waals surface area contributed by atoms with Crippen LogP contribution < -0.4 is 9.47 Å². The summed E-state index contributed by atoms with van der Waals surface area (Å²) in [6.07, 6.45) is 2.98. The first-order chi connectivity index (χ1) is 13.8. The predicted molar refractivity (Wildman–Crippen MR) is 97.1 cm³/mol. The van der Waals surface area contributed by atoms with E-state index in [0.717, 1.165) is 34.0 Å². The molecule has 28 heavy (non-hydrogen) atoms. The number of carbonyl (C=O) groups is 1. The van der Waals surface area contributed by atoms with E-state index in [4.69, 9.17) is 14.0 Å². The molecule has 1 N–H and O–H groups in total. The molecule has 6 rings (SSSR count). The molecule has 0 radical (unpaired) electrons. The number of benzene rings is 1. The first-order valence-corrected chi connectivity index (χ1v) is 9.48. The van der Waals surface area contributed by atoms with E-state index in [1.165, 1.54) is 12.8 Å². The molecule has 0 spiro atoms. The lowest BCUT2D eigenvalue weighted by atomic mass is 10.0. The minimum absolute atomic E-state index is 0.0633. The van der Waals surface area contributed by atoms with Gasteiger partial charge in [-0.05, 0) is 37.1 Å². The second kappa shape index (κ2) is 5.85. The van der Waals surface area contributed by atoms with Crippen LogP contribution in [-0.2, 0) is 13.0 Å². The number of H-pyrrole nitrogens is 1. The Labute approximate surface area is 160 Å². The quantitative estimate of drug-likeness (QED) is 0.753. The van der Waals surface area contributed by atoms with Gasteiger partial charge >= 0.3 is 0 Å². The van der Waals surface area contributed by atoms with Gasteiger partial charge < -0.3 is 18.9 Å². The summed E-state index contributed by atoms with van der Waals surface area (Å²) in [5.41, 5.74) is 4.11. The summed E-state index contributed by atoms with van der Waals surface area (Å²) >= 11 is 0. The van der Waals surface area contributed by atoms with Gasteiger partial charge in [-0.1, -0.05) is 5.16 Å². The van der Waals surface area contributed by atoms with Crippen molar-refractivity contribution in [3.63, 3.8) is 0 Å². The Morgan fingerprint density at radius 1 is 1.18 bits per heavy atom. The predicted octanol–water partition coefficient (Wildman–Crippen LogP) is 2.87. The molecule has 0 atom stereocenters. The highest BCUT2D eigenvalue weighted by atomic mass is 16.7. The van der Waals surface area contributed by atoms with Gasteiger partial charge in [0.05, 0.1) is 6.54 Å². The van der Waals surface area contributed by atoms with Gasteiger partial charge in [0.25, 0.3) is 5.91 Å². The van der Waals surface area contributed by atoms with Crippen molar-refractivity contribution in [2.75, 3.05) is 13.3 Å². The van der Waals surface area contributed by atoms with E-state index < -0.39 is 0 Å². The van der Waals surface area contributed by atoms with Crippen LogP contribution in [0.4, 0.5) is 0 Å². The van der Waals surface area contributed by atoms with Crippen molar-refractivity contribution >= 4 is 5.91 Å². The van der Waals surface area contributed by atoms with Crippen molar-refractivity contribution in [3.8, 4) is 22.8 Å². The SMILES string of the molecule is O=C(c1cc(C2CC2)[nH]n1)N1CCc2onc(-c3ccc4c(c3)OCO4)c2C1. The van der Waals surface area contributed by atoms with Gasteiger partial charge in [-0.25, -0.2) is 0 Å². The summed E-state index contributed by atoms with van der Waals surface area (Å²) in [7, 11) is 0. The molecule has 142 valence electrons. The minimum Gasteiger partial charge on any atom is -0.454 e. The van der Waals surface area contributed by atoms with E-state index in [-0.39, 0.29) is 12.7 Å². The molecule has 1 amide bonds. The number of aromatic amines is 1. The molecular weight excluding hydrogens is 360 g/mol. The number of aromatic nitrogens is 3. The summed E-state index contributed by atoms with van der Waals surface area (Å²) in [4.78, 5) is 14.8. The lowest BCUT2D eigenvalue weighted by molar-refractivity contribution is 0.0723. The van der Waals surface area contributed by atoms with Gasteiger partial charge in [0.15, 0.2) is 11.5 Å². The Hall–Kier alpha value is -3.29. The number of nitrogens with zero attached hydrogens (tertiary/aromatic N) is 3. The average molecular weight is 378 g/mol. The molecule has 4 heterocycles. The Bertz CT molecular complexity index is 1080. The van der Waals surface area contributed by atoms with Crippen molar-refractivity contribution < 1.29 is 18.8 Å². The van der Waals surface area contributed by atoms with Crippen molar-refractivity contribution in [1.82, 2.24) is 20.3 Å². The lowest BCUT2D eigenvalue weighted by Gasteiger charge is -2.25. The second-order valence-electron chi connectivity index (χ2n) is 7.46. The molecule has 0 bridgehead atoms. The van der Waals surface area contributed by atoms with E-state index in [1.54, 1.807) is 0 Å². The number of hydrogen-bond acceptors (Lipinski definition) is 6. The Kier molecular flexibility index (Phi) is 3.29. The van der Waals surface area contributed by atoms with Crippen LogP contribution in [0.15, 0.2) is 28.8 Å². The molecule has 8 nitrogen and oxygen atoms in total. The van der Waals surface area contributed by atoms with E-state index in [1.807, 2.05) is 29.2 Å². The molecule has 3 aromatic rings. The number of nitrogens with one attached hydrogen (secondary N) is 1. The topological polar surface area (TPSA) is 93.5 Å². The van der Waals surface area contributed by atoms with Gasteiger partial charge in [-0.2, -0.15) is 5.10 Å². The molecule has 2 aliphatic heterocycles. The first-order valence-electron chi connectivity index (χ1n) is 9.48. The van der Waals surface area contributed by atoms with Gasteiger partial charge in [-0.15, -0.1) is 0 Å². The normalized spacial score (nSPS) is 17.6. The minimum atomic E-state index is -0.0633. The zero-order chi connectivity index (χ0) is 18.7. The standard InChI is InChI=1S/C20H18N4O4/c25-20(15-8-14(21-22-15)11-1-2-11)24-6-5-16-13(9-24)19(23-28-16)12-3-4-17-18(7-12)27-10-26-17/h3-4,7-8,11H,1-2,5-6,9-10H2,(H,21,22). The molecule has 8 heteroatoms. The van der Waals surface area contributed by atoms with Gasteiger partial charge in [0.2, 0.25) is 6.79 Å². The highest BCUT2D eigenvalue weighted by Crippen LogP contribution is 2.40. The summed E-state index contributed by atoms with van der Waals surface area (Å²) in [6.45, 7) is 1.27. The lowest BCUT2D eigenvalue weighted by Crippen LogP contribution is -2.35. The maximum atomic E-state index is 12.9. The number of ether oxygens (including phenoxy) is 2. The zero-order valence-electron chi connectivity index (χ0n) is 15.1. The van der Waals surface area contributed by atoms with E-state index in [2.05, 4.69) is 15.4 Å². The number of carbonyl (C=O) groups excluding carboxylic acids is 1. The molecule has 3 aliphatic rings. The monoisotopic (exact) mass is 378 g/mol. The maximum absolute atomic E-state index is 12.9. The molecule has 1 fully saturated rings. The molecule has 1 saturated carbocycles. The third kappa shape index (κ3) is 2.48. The van der Waals surface area contributed by atoms with Crippen molar-refractivity contribution in [2.24, 2.45) is 0 Å². The third-order valence-corrected chi connectivity index (χ3v) is 5.59.